The molecule has 0 spiro atoms. The first-order chi connectivity index (χ1) is 7.24. The highest BCUT2D eigenvalue weighted by Crippen LogP contribution is 2.00. The van der Waals surface area contributed by atoms with Crippen LogP contribution in [0.4, 0.5) is 0 Å². The van der Waals surface area contributed by atoms with Gasteiger partial charge in [0.15, 0.2) is 5.70 Å². The van der Waals surface area contributed by atoms with Crippen LogP contribution in [0.5, 0.6) is 0 Å². The second-order valence-corrected chi connectivity index (χ2v) is 2.85. The first-order valence-electron chi connectivity index (χ1n) is 4.36. The fourth-order valence-electron chi connectivity index (χ4n) is 0.920. The smallest absolute Gasteiger partial charge is 0.332 e. The first-order valence-corrected chi connectivity index (χ1v) is 4.36. The minimum Gasteiger partial charge on any atom is -0.388 e. The van der Waals surface area contributed by atoms with E-state index in [0.717, 1.165) is 5.56 Å². The summed E-state index contributed by atoms with van der Waals surface area (Å²) in [4.78, 5) is 3.95. The van der Waals surface area contributed by atoms with Gasteiger partial charge in [0.05, 0.1) is 0 Å². The molecule has 1 aromatic carbocycles. The third-order valence-electron chi connectivity index (χ3n) is 1.71. The van der Waals surface area contributed by atoms with Crippen LogP contribution in [0, 0.1) is 17.4 Å². The van der Waals surface area contributed by atoms with Crippen molar-refractivity contribution >= 4 is 0 Å². The maximum Gasteiger partial charge on any atom is 0.332 e. The second-order valence-electron chi connectivity index (χ2n) is 2.85. The van der Waals surface area contributed by atoms with Gasteiger partial charge in [0, 0.05) is 5.56 Å². The molecule has 74 valence electrons. The molecule has 4 N–H and O–H groups in total. The molecule has 1 rings (SSSR count). The third kappa shape index (κ3) is 3.41. The lowest BCUT2D eigenvalue weighted by molar-refractivity contribution is 1.25. The molecule has 15 heavy (non-hydrogen) atoms. The van der Waals surface area contributed by atoms with Crippen LogP contribution >= 0.6 is 0 Å². The van der Waals surface area contributed by atoms with Crippen molar-refractivity contribution in [1.29, 1.82) is 5.26 Å². The SMILES string of the molecule is N#C/C(N)=C(/N)C#[N+]Cc1ccccc1. The van der Waals surface area contributed by atoms with Gasteiger partial charge in [-0.2, -0.15) is 5.26 Å². The van der Waals surface area contributed by atoms with Crippen LogP contribution in [0.25, 0.3) is 4.85 Å². The average molecular weight is 199 g/mol. The van der Waals surface area contributed by atoms with Crippen molar-refractivity contribution < 1.29 is 0 Å². The summed E-state index contributed by atoms with van der Waals surface area (Å²) >= 11 is 0. The van der Waals surface area contributed by atoms with Gasteiger partial charge in [0.2, 0.25) is 0 Å². The fourth-order valence-corrected chi connectivity index (χ4v) is 0.920. The molecule has 0 aliphatic heterocycles. The predicted molar refractivity (Wildman–Crippen MR) is 58.4 cm³/mol. The molecule has 0 unspecified atom stereocenters. The van der Waals surface area contributed by atoms with Crippen LogP contribution in [0.15, 0.2) is 41.7 Å². The minimum atomic E-state index is -0.0631. The highest BCUT2D eigenvalue weighted by Gasteiger charge is 2.00. The number of rotatable bonds is 1. The molecule has 0 aliphatic rings. The number of nitriles is 1. The van der Waals surface area contributed by atoms with Crippen LogP contribution in [-0.4, -0.2) is 0 Å². The fraction of sp³-hybridized carbons (Fsp3) is 0.0909. The maximum atomic E-state index is 8.43. The quantitative estimate of drug-likeness (QED) is 0.666. The normalized spacial score (nSPS) is 10.6. The van der Waals surface area contributed by atoms with Crippen LogP contribution < -0.4 is 11.5 Å². The van der Waals surface area contributed by atoms with E-state index in [-0.39, 0.29) is 11.4 Å². The number of hydrogen-bond acceptors (Lipinski definition) is 3. The van der Waals surface area contributed by atoms with Crippen LogP contribution in [0.1, 0.15) is 5.56 Å². The Balaban J connectivity index is 2.67. The molecule has 0 atom stereocenters. The first kappa shape index (κ1) is 10.6. The number of nitrogens with two attached hydrogens (primary N) is 2. The van der Waals surface area contributed by atoms with E-state index in [0.29, 0.717) is 6.54 Å². The van der Waals surface area contributed by atoms with Gasteiger partial charge in [-0.25, -0.2) is 0 Å². The van der Waals surface area contributed by atoms with E-state index in [4.69, 9.17) is 16.7 Å². The second kappa shape index (κ2) is 5.31. The largest absolute Gasteiger partial charge is 0.388 e. The summed E-state index contributed by atoms with van der Waals surface area (Å²) in [6.07, 6.45) is 0. The number of allylic oxidation sites excluding steroid dienone is 2. The molecule has 0 saturated heterocycles. The summed E-state index contributed by atoms with van der Waals surface area (Å²) in [5.41, 5.74) is 11.7. The molecule has 1 aromatic rings. The van der Waals surface area contributed by atoms with Gasteiger partial charge in [0.1, 0.15) is 11.8 Å². The zero-order valence-corrected chi connectivity index (χ0v) is 8.14. The lowest BCUT2D eigenvalue weighted by atomic mass is 10.2. The van der Waals surface area contributed by atoms with Gasteiger partial charge in [-0.15, -0.1) is 0 Å². The average Bonchev–Trinajstić information content (AvgIpc) is 2.29. The zero-order chi connectivity index (χ0) is 11.1. The van der Waals surface area contributed by atoms with Crippen molar-refractivity contribution in [3.05, 3.63) is 52.1 Å². The molecule has 4 heteroatoms. The Morgan fingerprint density at radius 3 is 2.47 bits per heavy atom. The predicted octanol–water partition coefficient (Wildman–Crippen LogP) is 1.17. The number of hydrogen-bond donors (Lipinski definition) is 2. The van der Waals surface area contributed by atoms with Crippen LogP contribution in [0.3, 0.4) is 0 Å². The van der Waals surface area contributed by atoms with Crippen molar-refractivity contribution in [2.75, 3.05) is 0 Å². The number of benzene rings is 1. The summed E-state index contributed by atoms with van der Waals surface area (Å²) in [5, 5.41) is 8.43. The van der Waals surface area contributed by atoms with E-state index < -0.39 is 0 Å². The van der Waals surface area contributed by atoms with Gasteiger partial charge >= 0.3 is 6.07 Å². The van der Waals surface area contributed by atoms with E-state index in [1.807, 2.05) is 30.3 Å². The van der Waals surface area contributed by atoms with Crippen molar-refractivity contribution in [1.82, 2.24) is 0 Å². The van der Waals surface area contributed by atoms with Gasteiger partial charge in [0.25, 0.3) is 6.54 Å². The molecule has 0 amide bonds. The summed E-state index contributed by atoms with van der Waals surface area (Å²) in [5.74, 6) is 0. The zero-order valence-electron chi connectivity index (χ0n) is 8.14. The van der Waals surface area contributed by atoms with Gasteiger partial charge in [-0.1, -0.05) is 35.2 Å². The Morgan fingerprint density at radius 1 is 1.20 bits per heavy atom. The molecule has 4 nitrogen and oxygen atoms in total. The molecule has 0 aliphatic carbocycles. The van der Waals surface area contributed by atoms with Crippen LogP contribution in [0.2, 0.25) is 0 Å². The molecule has 0 saturated carbocycles. The number of nitrogens with zero attached hydrogens (tertiary/aromatic N) is 2. The Bertz CT molecular complexity index is 457. The Morgan fingerprint density at radius 2 is 1.87 bits per heavy atom. The molecule has 0 radical (unpaired) electrons. The van der Waals surface area contributed by atoms with Crippen LogP contribution in [-0.2, 0) is 6.54 Å². The van der Waals surface area contributed by atoms with Gasteiger partial charge < -0.3 is 11.5 Å². The highest BCUT2D eigenvalue weighted by molar-refractivity contribution is 5.34. The monoisotopic (exact) mass is 199 g/mol. The summed E-state index contributed by atoms with van der Waals surface area (Å²) in [6, 6.07) is 13.9. The minimum absolute atomic E-state index is 0.0631. The lowest BCUT2D eigenvalue weighted by Crippen LogP contribution is -2.05. The van der Waals surface area contributed by atoms with E-state index in [9.17, 15) is 0 Å². The Hall–Kier alpha value is -2.46. The maximum absolute atomic E-state index is 8.43. The van der Waals surface area contributed by atoms with E-state index >= 15 is 0 Å². The van der Waals surface area contributed by atoms with Gasteiger partial charge in [-0.05, 0) is 0 Å². The Labute approximate surface area is 88.2 Å². The van der Waals surface area contributed by atoms with E-state index in [1.54, 1.807) is 6.07 Å². The molecule has 0 fully saturated rings. The van der Waals surface area contributed by atoms with Crippen molar-refractivity contribution in [2.24, 2.45) is 11.5 Å². The topological polar surface area (TPSA) is 80.2 Å². The summed E-state index contributed by atoms with van der Waals surface area (Å²) in [7, 11) is 0. The summed E-state index contributed by atoms with van der Waals surface area (Å²) in [6.45, 7) is 0.472. The van der Waals surface area contributed by atoms with Crippen molar-refractivity contribution in [2.45, 2.75) is 6.54 Å². The molecular formula is C11H11N4+. The molecular weight excluding hydrogens is 188 g/mol. The summed E-state index contributed by atoms with van der Waals surface area (Å²) < 4.78 is 0. The Kier molecular flexibility index (Phi) is 3.76. The van der Waals surface area contributed by atoms with E-state index in [2.05, 4.69) is 10.9 Å². The highest BCUT2D eigenvalue weighted by atomic mass is 14.7. The standard InChI is InChI=1S/C11H10N4/c12-6-10(13)11(14)8-15-7-9-4-2-1-3-5-9/h1-5,13H,7,14H2/p+1. The van der Waals surface area contributed by atoms with Gasteiger partial charge in [-0.3, -0.25) is 0 Å². The third-order valence-corrected chi connectivity index (χ3v) is 1.71. The molecule has 0 heterocycles. The van der Waals surface area contributed by atoms with Crippen molar-refractivity contribution in [3.63, 3.8) is 0 Å². The molecule has 0 aromatic heterocycles. The van der Waals surface area contributed by atoms with Crippen molar-refractivity contribution in [3.8, 4) is 12.1 Å². The lowest BCUT2D eigenvalue weighted by Gasteiger charge is -1.85. The molecule has 0 bridgehead atoms. The van der Waals surface area contributed by atoms with E-state index in [1.165, 1.54) is 0 Å².